The quantitative estimate of drug-likeness (QED) is 0.880. The Hall–Kier alpha value is -2.34. The standard InChI is InChI=1S/C16H18ClN3O3/c1-11-9-14(19-23-11)18-15(21)10-20(2)16(22)8-7-12-5-3-4-6-13(12)17/h3-6,9H,7-8,10H2,1-2H3,(H,18,19,21). The molecule has 7 heteroatoms. The fourth-order valence-corrected chi connectivity index (χ4v) is 2.28. The van der Waals surface area contributed by atoms with Crippen LogP contribution in [0.4, 0.5) is 5.82 Å². The van der Waals surface area contributed by atoms with E-state index in [1.165, 1.54) is 4.90 Å². The number of carbonyl (C=O) groups is 2. The maximum Gasteiger partial charge on any atom is 0.245 e. The number of aromatic nitrogens is 1. The summed E-state index contributed by atoms with van der Waals surface area (Å²) < 4.78 is 4.86. The summed E-state index contributed by atoms with van der Waals surface area (Å²) in [5, 5.41) is 6.88. The second kappa shape index (κ2) is 7.78. The number of hydrogen-bond donors (Lipinski definition) is 1. The van der Waals surface area contributed by atoms with Crippen molar-refractivity contribution in [1.82, 2.24) is 10.1 Å². The average molecular weight is 336 g/mol. The first-order valence-electron chi connectivity index (χ1n) is 7.16. The molecule has 1 heterocycles. The minimum atomic E-state index is -0.327. The maximum absolute atomic E-state index is 12.1. The van der Waals surface area contributed by atoms with Gasteiger partial charge in [0.2, 0.25) is 11.8 Å². The fourth-order valence-electron chi connectivity index (χ4n) is 2.04. The van der Waals surface area contributed by atoms with Crippen LogP contribution in [-0.4, -0.2) is 35.5 Å². The molecule has 0 bridgehead atoms. The van der Waals surface area contributed by atoms with Crippen molar-refractivity contribution < 1.29 is 14.1 Å². The number of benzene rings is 1. The Balaban J connectivity index is 1.80. The zero-order chi connectivity index (χ0) is 16.8. The summed E-state index contributed by atoms with van der Waals surface area (Å²) in [6.45, 7) is 1.68. The molecule has 2 rings (SSSR count). The van der Waals surface area contributed by atoms with E-state index < -0.39 is 0 Å². The van der Waals surface area contributed by atoms with E-state index in [-0.39, 0.29) is 24.8 Å². The number of nitrogens with zero attached hydrogens (tertiary/aromatic N) is 2. The molecule has 0 radical (unpaired) electrons. The lowest BCUT2D eigenvalue weighted by Crippen LogP contribution is -2.35. The number of carbonyl (C=O) groups excluding carboxylic acids is 2. The number of halogens is 1. The smallest absolute Gasteiger partial charge is 0.245 e. The van der Waals surface area contributed by atoms with E-state index in [1.54, 1.807) is 26.1 Å². The summed E-state index contributed by atoms with van der Waals surface area (Å²) in [5.74, 6) is 0.484. The Morgan fingerprint density at radius 1 is 1.35 bits per heavy atom. The van der Waals surface area contributed by atoms with E-state index >= 15 is 0 Å². The van der Waals surface area contributed by atoms with Crippen molar-refractivity contribution in [2.45, 2.75) is 19.8 Å². The van der Waals surface area contributed by atoms with Gasteiger partial charge in [0.25, 0.3) is 0 Å². The topological polar surface area (TPSA) is 75.4 Å². The maximum atomic E-state index is 12.1. The van der Waals surface area contributed by atoms with Gasteiger partial charge in [0, 0.05) is 24.6 Å². The predicted molar refractivity (Wildman–Crippen MR) is 87.3 cm³/mol. The van der Waals surface area contributed by atoms with Crippen LogP contribution >= 0.6 is 11.6 Å². The number of hydrogen-bond acceptors (Lipinski definition) is 4. The second-order valence-electron chi connectivity index (χ2n) is 5.21. The van der Waals surface area contributed by atoms with Gasteiger partial charge in [-0.3, -0.25) is 9.59 Å². The highest BCUT2D eigenvalue weighted by Crippen LogP contribution is 2.16. The molecule has 122 valence electrons. The lowest BCUT2D eigenvalue weighted by atomic mass is 10.1. The first-order chi connectivity index (χ1) is 11.0. The second-order valence-corrected chi connectivity index (χ2v) is 5.62. The lowest BCUT2D eigenvalue weighted by molar-refractivity contribution is -0.133. The van der Waals surface area contributed by atoms with Gasteiger partial charge in [-0.05, 0) is 25.0 Å². The molecule has 0 spiro atoms. The highest BCUT2D eigenvalue weighted by Gasteiger charge is 2.14. The van der Waals surface area contributed by atoms with Crippen molar-refractivity contribution in [3.8, 4) is 0 Å². The summed E-state index contributed by atoms with van der Waals surface area (Å²) in [4.78, 5) is 25.3. The van der Waals surface area contributed by atoms with Crippen molar-refractivity contribution in [2.24, 2.45) is 0 Å². The van der Waals surface area contributed by atoms with Gasteiger partial charge in [-0.25, -0.2) is 0 Å². The predicted octanol–water partition coefficient (Wildman–Crippen LogP) is 2.67. The molecule has 0 aliphatic heterocycles. The first kappa shape index (κ1) is 17.0. The highest BCUT2D eigenvalue weighted by atomic mass is 35.5. The third-order valence-corrected chi connectivity index (χ3v) is 3.64. The molecule has 2 amide bonds. The monoisotopic (exact) mass is 335 g/mol. The number of aryl methyl sites for hydroxylation is 2. The van der Waals surface area contributed by atoms with Crippen LogP contribution in [0.25, 0.3) is 0 Å². The third-order valence-electron chi connectivity index (χ3n) is 3.27. The van der Waals surface area contributed by atoms with E-state index in [4.69, 9.17) is 16.1 Å². The minimum absolute atomic E-state index is 0.0484. The van der Waals surface area contributed by atoms with Gasteiger partial charge in [-0.15, -0.1) is 0 Å². The van der Waals surface area contributed by atoms with Gasteiger partial charge < -0.3 is 14.7 Å². The number of likely N-dealkylation sites (N-methyl/N-ethyl adjacent to an activating group) is 1. The van der Waals surface area contributed by atoms with Gasteiger partial charge in [0.05, 0.1) is 6.54 Å². The third kappa shape index (κ3) is 5.10. The average Bonchev–Trinajstić information content (AvgIpc) is 2.90. The summed E-state index contributed by atoms with van der Waals surface area (Å²) >= 11 is 6.06. The van der Waals surface area contributed by atoms with E-state index in [0.717, 1.165) is 5.56 Å². The number of amides is 2. The van der Waals surface area contributed by atoms with E-state index in [1.807, 2.05) is 18.2 Å². The molecule has 23 heavy (non-hydrogen) atoms. The van der Waals surface area contributed by atoms with Crippen molar-refractivity contribution in [3.05, 3.63) is 46.7 Å². The number of rotatable bonds is 6. The van der Waals surface area contributed by atoms with Crippen LogP contribution in [0.5, 0.6) is 0 Å². The molecular formula is C16H18ClN3O3. The Morgan fingerprint density at radius 3 is 2.74 bits per heavy atom. The summed E-state index contributed by atoms with van der Waals surface area (Å²) in [5.41, 5.74) is 0.915. The SMILES string of the molecule is Cc1cc(NC(=O)CN(C)C(=O)CCc2ccccc2Cl)no1. The molecule has 0 unspecified atom stereocenters. The number of nitrogens with one attached hydrogen (secondary N) is 1. The van der Waals surface area contributed by atoms with Gasteiger partial charge >= 0.3 is 0 Å². The van der Waals surface area contributed by atoms with Crippen LogP contribution in [0.3, 0.4) is 0 Å². The van der Waals surface area contributed by atoms with Crippen molar-refractivity contribution >= 4 is 29.2 Å². The van der Waals surface area contributed by atoms with Crippen LogP contribution in [0, 0.1) is 6.92 Å². The zero-order valence-corrected chi connectivity index (χ0v) is 13.8. The van der Waals surface area contributed by atoms with Crippen LogP contribution in [0.15, 0.2) is 34.9 Å². The van der Waals surface area contributed by atoms with E-state index in [9.17, 15) is 9.59 Å². The molecule has 0 fully saturated rings. The van der Waals surface area contributed by atoms with Crippen molar-refractivity contribution in [2.75, 3.05) is 18.9 Å². The van der Waals surface area contributed by atoms with Crippen LogP contribution in [-0.2, 0) is 16.0 Å². The largest absolute Gasteiger partial charge is 0.360 e. The van der Waals surface area contributed by atoms with Crippen molar-refractivity contribution in [3.63, 3.8) is 0 Å². The zero-order valence-electron chi connectivity index (χ0n) is 13.0. The Labute approximate surface area is 139 Å². The van der Waals surface area contributed by atoms with E-state index in [0.29, 0.717) is 23.0 Å². The molecule has 6 nitrogen and oxygen atoms in total. The molecule has 0 saturated carbocycles. The molecule has 2 aromatic rings. The summed E-state index contributed by atoms with van der Waals surface area (Å²) in [6.07, 6.45) is 0.823. The van der Waals surface area contributed by atoms with Crippen LogP contribution in [0.1, 0.15) is 17.7 Å². The van der Waals surface area contributed by atoms with Gasteiger partial charge in [-0.1, -0.05) is 35.0 Å². The van der Waals surface area contributed by atoms with Crippen LogP contribution < -0.4 is 5.32 Å². The van der Waals surface area contributed by atoms with Gasteiger partial charge in [0.15, 0.2) is 5.82 Å². The molecule has 1 aromatic heterocycles. The minimum Gasteiger partial charge on any atom is -0.360 e. The molecule has 0 atom stereocenters. The molecular weight excluding hydrogens is 318 g/mol. The van der Waals surface area contributed by atoms with Gasteiger partial charge in [0.1, 0.15) is 5.76 Å². The molecule has 0 saturated heterocycles. The molecule has 1 N–H and O–H groups in total. The fraction of sp³-hybridized carbons (Fsp3) is 0.312. The Bertz CT molecular complexity index is 699. The van der Waals surface area contributed by atoms with Crippen molar-refractivity contribution in [1.29, 1.82) is 0 Å². The first-order valence-corrected chi connectivity index (χ1v) is 7.54. The van der Waals surface area contributed by atoms with E-state index in [2.05, 4.69) is 10.5 Å². The molecule has 1 aromatic carbocycles. The Kier molecular flexibility index (Phi) is 5.76. The van der Waals surface area contributed by atoms with Crippen LogP contribution in [0.2, 0.25) is 5.02 Å². The Morgan fingerprint density at radius 2 is 2.09 bits per heavy atom. The van der Waals surface area contributed by atoms with Gasteiger partial charge in [-0.2, -0.15) is 0 Å². The normalized spacial score (nSPS) is 10.4. The number of anilines is 1. The summed E-state index contributed by atoms with van der Waals surface area (Å²) in [7, 11) is 1.59. The molecule has 0 aliphatic rings. The summed E-state index contributed by atoms with van der Waals surface area (Å²) in [6, 6.07) is 9.00. The lowest BCUT2D eigenvalue weighted by Gasteiger charge is -2.16. The molecule has 0 aliphatic carbocycles. The highest BCUT2D eigenvalue weighted by molar-refractivity contribution is 6.31.